The second-order valence-electron chi connectivity index (χ2n) is 5.30. The number of nitrogens with zero attached hydrogens (tertiary/aromatic N) is 2. The molecule has 0 amide bonds. The Labute approximate surface area is 121 Å². The molecule has 2 aromatic rings. The molecule has 0 radical (unpaired) electrons. The van der Waals surface area contributed by atoms with Gasteiger partial charge in [-0.25, -0.2) is 9.97 Å². The lowest BCUT2D eigenvalue weighted by Gasteiger charge is -2.20. The van der Waals surface area contributed by atoms with Crippen LogP contribution in [0.4, 0.5) is 0 Å². The number of rotatable bonds is 1. The zero-order valence-electron chi connectivity index (χ0n) is 10.6. The van der Waals surface area contributed by atoms with E-state index < -0.39 is 0 Å². The Morgan fingerprint density at radius 2 is 2.00 bits per heavy atom. The summed E-state index contributed by atoms with van der Waals surface area (Å²) in [6.07, 6.45) is 5.57. The SMILES string of the molecule is Clc1nc(C2CCOCC2)nc2sc3c(c12)CCC3. The number of thiophene rings is 1. The molecule has 2 aromatic heterocycles. The van der Waals surface area contributed by atoms with Crippen LogP contribution in [0.15, 0.2) is 0 Å². The predicted molar refractivity (Wildman–Crippen MR) is 77.2 cm³/mol. The van der Waals surface area contributed by atoms with E-state index in [1.54, 1.807) is 0 Å². The van der Waals surface area contributed by atoms with Gasteiger partial charge in [-0.1, -0.05) is 11.6 Å². The van der Waals surface area contributed by atoms with Gasteiger partial charge in [-0.05, 0) is 37.7 Å². The molecule has 1 saturated heterocycles. The molecular formula is C14H15ClN2OS. The van der Waals surface area contributed by atoms with Gasteiger partial charge in [0.25, 0.3) is 0 Å². The molecule has 1 aliphatic heterocycles. The molecule has 0 unspecified atom stereocenters. The molecule has 0 saturated carbocycles. The van der Waals surface area contributed by atoms with E-state index in [1.807, 2.05) is 11.3 Å². The van der Waals surface area contributed by atoms with Crippen LogP contribution in [-0.2, 0) is 17.6 Å². The van der Waals surface area contributed by atoms with Crippen molar-refractivity contribution in [3.8, 4) is 0 Å². The number of halogens is 1. The number of fused-ring (bicyclic) bond motifs is 3. The van der Waals surface area contributed by atoms with Crippen molar-refractivity contribution in [1.82, 2.24) is 9.97 Å². The van der Waals surface area contributed by atoms with Crippen LogP contribution in [0.25, 0.3) is 10.2 Å². The lowest BCUT2D eigenvalue weighted by Crippen LogP contribution is -2.16. The van der Waals surface area contributed by atoms with Crippen LogP contribution in [-0.4, -0.2) is 23.2 Å². The first-order valence-corrected chi connectivity index (χ1v) is 8.08. The van der Waals surface area contributed by atoms with E-state index in [1.165, 1.54) is 23.3 Å². The Morgan fingerprint density at radius 3 is 2.84 bits per heavy atom. The zero-order chi connectivity index (χ0) is 12.8. The first kappa shape index (κ1) is 12.1. The highest BCUT2D eigenvalue weighted by molar-refractivity contribution is 7.19. The van der Waals surface area contributed by atoms with Gasteiger partial charge in [0.15, 0.2) is 0 Å². The molecule has 100 valence electrons. The van der Waals surface area contributed by atoms with Gasteiger partial charge in [-0.2, -0.15) is 0 Å². The lowest BCUT2D eigenvalue weighted by molar-refractivity contribution is 0.0836. The summed E-state index contributed by atoms with van der Waals surface area (Å²) in [7, 11) is 0. The highest BCUT2D eigenvalue weighted by Crippen LogP contribution is 2.40. The number of hydrogen-bond acceptors (Lipinski definition) is 4. The van der Waals surface area contributed by atoms with Crippen molar-refractivity contribution in [2.24, 2.45) is 0 Å². The second-order valence-corrected chi connectivity index (χ2v) is 6.74. The first-order chi connectivity index (χ1) is 9.33. The third-order valence-corrected chi connectivity index (χ3v) is 5.58. The van der Waals surface area contributed by atoms with Gasteiger partial charge in [-0.15, -0.1) is 11.3 Å². The van der Waals surface area contributed by atoms with Crippen molar-refractivity contribution in [2.75, 3.05) is 13.2 Å². The quantitative estimate of drug-likeness (QED) is 0.752. The molecule has 5 heteroatoms. The third kappa shape index (κ3) is 1.97. The molecule has 0 spiro atoms. The molecule has 3 nitrogen and oxygen atoms in total. The van der Waals surface area contributed by atoms with Crippen molar-refractivity contribution in [2.45, 2.75) is 38.0 Å². The van der Waals surface area contributed by atoms with Gasteiger partial charge in [0, 0.05) is 24.0 Å². The van der Waals surface area contributed by atoms with E-state index in [2.05, 4.69) is 4.98 Å². The van der Waals surface area contributed by atoms with Gasteiger partial charge in [0.2, 0.25) is 0 Å². The first-order valence-electron chi connectivity index (χ1n) is 6.88. The van der Waals surface area contributed by atoms with Crippen molar-refractivity contribution in [1.29, 1.82) is 0 Å². The fourth-order valence-electron chi connectivity index (χ4n) is 3.11. The summed E-state index contributed by atoms with van der Waals surface area (Å²) < 4.78 is 5.40. The Kier molecular flexibility index (Phi) is 2.98. The van der Waals surface area contributed by atoms with Crippen LogP contribution in [0.3, 0.4) is 0 Å². The minimum Gasteiger partial charge on any atom is -0.381 e. The minimum absolute atomic E-state index is 0.410. The summed E-state index contributed by atoms with van der Waals surface area (Å²) in [4.78, 5) is 11.9. The molecule has 0 bridgehead atoms. The number of ether oxygens (including phenoxy) is 1. The van der Waals surface area contributed by atoms with Gasteiger partial charge >= 0.3 is 0 Å². The molecular weight excluding hydrogens is 280 g/mol. The summed E-state index contributed by atoms with van der Waals surface area (Å²) in [6.45, 7) is 1.62. The fraction of sp³-hybridized carbons (Fsp3) is 0.571. The van der Waals surface area contributed by atoms with E-state index in [0.717, 1.165) is 48.5 Å². The highest BCUT2D eigenvalue weighted by atomic mass is 35.5. The van der Waals surface area contributed by atoms with Crippen molar-refractivity contribution in [3.63, 3.8) is 0 Å². The van der Waals surface area contributed by atoms with E-state index in [-0.39, 0.29) is 0 Å². The summed E-state index contributed by atoms with van der Waals surface area (Å²) in [5.41, 5.74) is 1.41. The summed E-state index contributed by atoms with van der Waals surface area (Å²) in [5, 5.41) is 1.78. The van der Waals surface area contributed by atoms with Crippen LogP contribution >= 0.6 is 22.9 Å². The number of aryl methyl sites for hydroxylation is 2. The molecule has 1 fully saturated rings. The van der Waals surface area contributed by atoms with Crippen LogP contribution < -0.4 is 0 Å². The maximum absolute atomic E-state index is 6.43. The molecule has 0 N–H and O–H groups in total. The Balaban J connectivity index is 1.82. The molecule has 2 aliphatic rings. The maximum Gasteiger partial charge on any atom is 0.141 e. The predicted octanol–water partition coefficient (Wildman–Crippen LogP) is 3.73. The largest absolute Gasteiger partial charge is 0.381 e. The lowest BCUT2D eigenvalue weighted by atomic mass is 9.99. The Bertz CT molecular complexity index is 634. The van der Waals surface area contributed by atoms with E-state index in [0.29, 0.717) is 11.1 Å². The Hall–Kier alpha value is -0.710. The average molecular weight is 295 g/mol. The maximum atomic E-state index is 6.43. The summed E-state index contributed by atoms with van der Waals surface area (Å²) in [6, 6.07) is 0. The van der Waals surface area contributed by atoms with Crippen molar-refractivity contribution < 1.29 is 4.74 Å². The van der Waals surface area contributed by atoms with Crippen LogP contribution in [0.2, 0.25) is 5.15 Å². The molecule has 0 atom stereocenters. The number of aromatic nitrogens is 2. The van der Waals surface area contributed by atoms with Crippen molar-refractivity contribution >= 4 is 33.2 Å². The van der Waals surface area contributed by atoms with E-state index >= 15 is 0 Å². The summed E-state index contributed by atoms with van der Waals surface area (Å²) in [5.74, 6) is 1.33. The van der Waals surface area contributed by atoms with Gasteiger partial charge in [0.1, 0.15) is 15.8 Å². The monoisotopic (exact) mass is 294 g/mol. The molecule has 4 rings (SSSR count). The smallest absolute Gasteiger partial charge is 0.141 e. The number of hydrogen-bond donors (Lipinski definition) is 0. The summed E-state index contributed by atoms with van der Waals surface area (Å²) >= 11 is 8.24. The Morgan fingerprint density at radius 1 is 1.16 bits per heavy atom. The van der Waals surface area contributed by atoms with Gasteiger partial charge in [-0.3, -0.25) is 0 Å². The zero-order valence-corrected chi connectivity index (χ0v) is 12.2. The van der Waals surface area contributed by atoms with Gasteiger partial charge < -0.3 is 4.74 Å². The molecule has 0 aromatic carbocycles. The third-order valence-electron chi connectivity index (χ3n) is 4.12. The van der Waals surface area contributed by atoms with Crippen molar-refractivity contribution in [3.05, 3.63) is 21.4 Å². The van der Waals surface area contributed by atoms with E-state index in [4.69, 9.17) is 21.3 Å². The van der Waals surface area contributed by atoms with E-state index in [9.17, 15) is 0 Å². The normalized spacial score (nSPS) is 20.1. The molecule has 3 heterocycles. The topological polar surface area (TPSA) is 35.0 Å². The molecule has 19 heavy (non-hydrogen) atoms. The van der Waals surface area contributed by atoms with Crippen LogP contribution in [0.5, 0.6) is 0 Å². The minimum atomic E-state index is 0.410. The fourth-order valence-corrected chi connectivity index (χ4v) is 4.72. The molecule has 1 aliphatic carbocycles. The van der Waals surface area contributed by atoms with Crippen LogP contribution in [0, 0.1) is 0 Å². The highest BCUT2D eigenvalue weighted by Gasteiger charge is 2.24. The second kappa shape index (κ2) is 4.69. The van der Waals surface area contributed by atoms with Gasteiger partial charge in [0.05, 0.1) is 5.39 Å². The average Bonchev–Trinajstić information content (AvgIpc) is 2.99. The standard InChI is InChI=1S/C14H15ClN2OS/c15-12-11-9-2-1-3-10(9)19-14(11)17-13(16-12)8-4-6-18-7-5-8/h8H,1-7H2. The van der Waals surface area contributed by atoms with Crippen LogP contribution in [0.1, 0.15) is 41.4 Å².